The molecule has 0 aliphatic rings. The maximum Gasteiger partial charge on any atom is 0.408 e. The fourth-order valence-electron chi connectivity index (χ4n) is 4.48. The van der Waals surface area contributed by atoms with Gasteiger partial charge in [0, 0.05) is 39.7 Å². The number of aromatic nitrogens is 2. The minimum absolute atomic E-state index is 0.0566. The number of hydrogen-bond donors (Lipinski definition) is 1. The van der Waals surface area contributed by atoms with E-state index in [9.17, 15) is 20.0 Å². The van der Waals surface area contributed by atoms with Crippen molar-refractivity contribution in [3.63, 3.8) is 0 Å². The van der Waals surface area contributed by atoms with Crippen LogP contribution in [0.4, 0.5) is 4.79 Å². The Morgan fingerprint density at radius 1 is 1.14 bits per heavy atom. The molecule has 7 nitrogen and oxygen atoms in total. The Hall–Kier alpha value is -3.96. The Balaban J connectivity index is 2.11. The van der Waals surface area contributed by atoms with E-state index in [-0.39, 0.29) is 18.0 Å². The molecule has 1 amide bonds. The number of amides is 1. The van der Waals surface area contributed by atoms with Gasteiger partial charge in [0.15, 0.2) is 5.69 Å². The highest BCUT2D eigenvalue weighted by molar-refractivity contribution is 7.13. The number of carboxylic acid groups (broad SMARTS) is 1. The van der Waals surface area contributed by atoms with E-state index in [0.717, 1.165) is 22.1 Å². The van der Waals surface area contributed by atoms with Crippen LogP contribution in [0.2, 0.25) is 0 Å². The summed E-state index contributed by atoms with van der Waals surface area (Å²) in [6.45, 7) is 10.1. The van der Waals surface area contributed by atoms with Crippen LogP contribution >= 0.6 is 11.3 Å². The molecule has 0 aliphatic carbocycles. The highest BCUT2D eigenvalue weighted by Crippen LogP contribution is 2.36. The molecule has 37 heavy (non-hydrogen) atoms. The van der Waals surface area contributed by atoms with Crippen molar-refractivity contribution >= 4 is 28.2 Å². The molecule has 2 aromatic carbocycles. The number of carbonyl (C=O) groups is 1. The quantitative estimate of drug-likeness (QED) is 0.313. The van der Waals surface area contributed by atoms with E-state index in [4.69, 9.17) is 0 Å². The van der Waals surface area contributed by atoms with E-state index < -0.39 is 11.6 Å². The third-order valence-electron chi connectivity index (χ3n) is 6.20. The molecule has 0 atom stereocenters. The van der Waals surface area contributed by atoms with Crippen LogP contribution in [0.25, 0.3) is 32.5 Å². The first-order chi connectivity index (χ1) is 17.5. The van der Waals surface area contributed by atoms with Gasteiger partial charge in [0.2, 0.25) is 0 Å². The largest absolute Gasteiger partial charge is 0.465 e. The topological polar surface area (TPSA) is 99.2 Å². The number of nitriles is 1. The minimum Gasteiger partial charge on any atom is -0.465 e. The van der Waals surface area contributed by atoms with Crippen molar-refractivity contribution < 1.29 is 9.90 Å². The number of fused-ring (bicyclic) bond motifs is 1. The second-order valence-corrected chi connectivity index (χ2v) is 11.3. The van der Waals surface area contributed by atoms with Crippen molar-refractivity contribution in [2.75, 3.05) is 0 Å². The molecule has 190 valence electrons. The average molecular weight is 515 g/mol. The van der Waals surface area contributed by atoms with Gasteiger partial charge in [-0.15, -0.1) is 11.3 Å². The van der Waals surface area contributed by atoms with Crippen molar-refractivity contribution in [1.29, 1.82) is 5.26 Å². The molecule has 2 aromatic heterocycles. The van der Waals surface area contributed by atoms with Crippen LogP contribution < -0.4 is 5.56 Å². The summed E-state index contributed by atoms with van der Waals surface area (Å²) in [4.78, 5) is 32.0. The van der Waals surface area contributed by atoms with Crippen LogP contribution in [0, 0.1) is 17.2 Å². The molecule has 0 unspecified atom stereocenters. The van der Waals surface area contributed by atoms with Gasteiger partial charge in [-0.3, -0.25) is 9.69 Å². The molecular formula is C29H30N4O3S. The monoisotopic (exact) mass is 514 g/mol. The fraction of sp³-hybridized carbons (Fsp3) is 0.310. The maximum atomic E-state index is 13.9. The van der Waals surface area contributed by atoms with E-state index in [0.29, 0.717) is 28.3 Å². The smallest absolute Gasteiger partial charge is 0.408 e. The zero-order valence-electron chi connectivity index (χ0n) is 21.6. The summed E-state index contributed by atoms with van der Waals surface area (Å²) in [5, 5.41) is 23.0. The lowest BCUT2D eigenvalue weighted by atomic mass is 9.94. The van der Waals surface area contributed by atoms with E-state index >= 15 is 0 Å². The molecule has 0 bridgehead atoms. The molecular weight excluding hydrogens is 484 g/mol. The first-order valence-electron chi connectivity index (χ1n) is 12.1. The Bertz CT molecular complexity index is 1560. The number of nitrogens with zero attached hydrogens (tertiary/aromatic N) is 4. The predicted octanol–water partition coefficient (Wildman–Crippen LogP) is 6.60. The van der Waals surface area contributed by atoms with Crippen LogP contribution in [0.15, 0.2) is 58.7 Å². The molecule has 1 N–H and O–H groups in total. The van der Waals surface area contributed by atoms with Crippen molar-refractivity contribution in [2.45, 2.75) is 53.2 Å². The average Bonchev–Trinajstić information content (AvgIpc) is 3.33. The highest BCUT2D eigenvalue weighted by atomic mass is 32.1. The lowest BCUT2D eigenvalue weighted by Crippen LogP contribution is -2.45. The zero-order chi connectivity index (χ0) is 26.9. The van der Waals surface area contributed by atoms with Crippen molar-refractivity contribution in [2.24, 2.45) is 5.92 Å². The van der Waals surface area contributed by atoms with Crippen LogP contribution in [0.1, 0.15) is 46.0 Å². The molecule has 0 saturated heterocycles. The van der Waals surface area contributed by atoms with Gasteiger partial charge in [-0.25, -0.2) is 9.78 Å². The first kappa shape index (κ1) is 26.1. The van der Waals surface area contributed by atoms with Gasteiger partial charge >= 0.3 is 6.09 Å². The summed E-state index contributed by atoms with van der Waals surface area (Å²) in [5.74, 6) is 0.171. The first-order valence-corrected chi connectivity index (χ1v) is 13.0. The summed E-state index contributed by atoms with van der Waals surface area (Å²) in [6.07, 6.45) is -1.05. The van der Waals surface area contributed by atoms with Gasteiger partial charge in [0.05, 0.1) is 6.54 Å². The Morgan fingerprint density at radius 3 is 2.41 bits per heavy atom. The third kappa shape index (κ3) is 5.27. The van der Waals surface area contributed by atoms with Crippen molar-refractivity contribution in [1.82, 2.24) is 14.5 Å². The summed E-state index contributed by atoms with van der Waals surface area (Å²) >= 11 is 1.37. The van der Waals surface area contributed by atoms with Crippen molar-refractivity contribution in [3.05, 3.63) is 75.7 Å². The highest BCUT2D eigenvalue weighted by Gasteiger charge is 2.30. The standard InChI is InChI=1S/C29H30N4O3S/c1-18(2)15-32-24(16-33(28(35)36)29(3,4)5)25(19-9-7-6-8-10-19)23-13-20(11-12-22(23)27(32)34)26-31-21(14-30)17-37-26/h6-13,17-18H,15-16H2,1-5H3,(H,35,36). The Labute approximate surface area is 220 Å². The van der Waals surface area contributed by atoms with Crippen LogP contribution in [0.5, 0.6) is 0 Å². The van der Waals surface area contributed by atoms with E-state index in [1.54, 1.807) is 9.95 Å². The van der Waals surface area contributed by atoms with E-state index in [1.165, 1.54) is 16.2 Å². The fourth-order valence-corrected chi connectivity index (χ4v) is 5.22. The van der Waals surface area contributed by atoms with Gasteiger partial charge in [0.1, 0.15) is 11.1 Å². The number of hydrogen-bond acceptors (Lipinski definition) is 5. The number of rotatable bonds is 6. The van der Waals surface area contributed by atoms with Gasteiger partial charge in [-0.1, -0.05) is 50.2 Å². The molecule has 0 radical (unpaired) electrons. The maximum absolute atomic E-state index is 13.9. The molecule has 0 saturated carbocycles. The molecule has 0 fully saturated rings. The van der Waals surface area contributed by atoms with Gasteiger partial charge in [-0.2, -0.15) is 5.26 Å². The van der Waals surface area contributed by atoms with Crippen LogP contribution in [0.3, 0.4) is 0 Å². The SMILES string of the molecule is CC(C)Cn1c(CN(C(=O)O)C(C)(C)C)c(-c2ccccc2)c2cc(-c3nc(C#N)cs3)ccc2c1=O. The number of pyridine rings is 1. The third-order valence-corrected chi connectivity index (χ3v) is 7.09. The van der Waals surface area contributed by atoms with E-state index in [1.807, 2.05) is 83.1 Å². The second kappa shape index (κ2) is 10.2. The van der Waals surface area contributed by atoms with E-state index in [2.05, 4.69) is 11.1 Å². The molecule has 8 heteroatoms. The molecule has 4 rings (SSSR count). The lowest BCUT2D eigenvalue weighted by Gasteiger charge is -2.35. The Kier molecular flexibility index (Phi) is 7.19. The molecule has 2 heterocycles. The van der Waals surface area contributed by atoms with Crippen molar-refractivity contribution in [3.8, 4) is 27.8 Å². The lowest BCUT2D eigenvalue weighted by molar-refractivity contribution is 0.0937. The number of benzene rings is 2. The normalized spacial score (nSPS) is 11.6. The summed E-state index contributed by atoms with van der Waals surface area (Å²) in [6, 6.07) is 17.4. The molecule has 4 aromatic rings. The summed E-state index contributed by atoms with van der Waals surface area (Å²) in [7, 11) is 0. The summed E-state index contributed by atoms with van der Waals surface area (Å²) in [5.41, 5.74) is 2.69. The molecule has 0 spiro atoms. The Morgan fingerprint density at radius 2 is 1.84 bits per heavy atom. The summed E-state index contributed by atoms with van der Waals surface area (Å²) < 4.78 is 1.74. The van der Waals surface area contributed by atoms with Gasteiger partial charge in [0.25, 0.3) is 5.56 Å². The van der Waals surface area contributed by atoms with Crippen LogP contribution in [-0.4, -0.2) is 31.2 Å². The second-order valence-electron chi connectivity index (χ2n) is 10.4. The number of thiazole rings is 1. The molecule has 0 aliphatic heterocycles. The van der Waals surface area contributed by atoms with Gasteiger partial charge in [-0.05, 0) is 49.8 Å². The predicted molar refractivity (Wildman–Crippen MR) is 148 cm³/mol. The minimum atomic E-state index is -1.05. The van der Waals surface area contributed by atoms with Gasteiger partial charge < -0.3 is 9.67 Å². The van der Waals surface area contributed by atoms with Crippen LogP contribution in [-0.2, 0) is 13.1 Å². The zero-order valence-corrected chi connectivity index (χ0v) is 22.5.